The molecule has 2 heterocycles. The van der Waals surface area contributed by atoms with E-state index in [1.165, 1.54) is 0 Å². The fourth-order valence-corrected chi connectivity index (χ4v) is 4.07. The summed E-state index contributed by atoms with van der Waals surface area (Å²) < 4.78 is 5.49. The van der Waals surface area contributed by atoms with E-state index < -0.39 is 12.3 Å². The molecule has 7 nitrogen and oxygen atoms in total. The van der Waals surface area contributed by atoms with Crippen LogP contribution in [-0.2, 0) is 20.7 Å². The van der Waals surface area contributed by atoms with Crippen LogP contribution < -0.4 is 10.2 Å². The molecule has 8 heteroatoms. The number of likely N-dealkylation sites (tertiary alicyclic amines) is 1. The minimum atomic E-state index is -0.605. The van der Waals surface area contributed by atoms with Gasteiger partial charge in [0.2, 0.25) is 11.8 Å². The maximum atomic E-state index is 12.8. The Labute approximate surface area is 185 Å². The van der Waals surface area contributed by atoms with Crippen LogP contribution in [0.2, 0.25) is 5.02 Å². The van der Waals surface area contributed by atoms with Gasteiger partial charge in [-0.25, -0.2) is 4.79 Å². The quantitative estimate of drug-likeness (QED) is 0.753. The molecule has 1 atom stereocenters. The number of rotatable bonds is 5. The number of hydrogen-bond donors (Lipinski definition) is 1. The van der Waals surface area contributed by atoms with E-state index in [0.717, 1.165) is 30.6 Å². The number of carbonyl (C=O) groups excluding carboxylic acids is 3. The van der Waals surface area contributed by atoms with Crippen LogP contribution in [0.15, 0.2) is 48.5 Å². The second-order valence-corrected chi connectivity index (χ2v) is 8.15. The third kappa shape index (κ3) is 5.17. The van der Waals surface area contributed by atoms with E-state index in [2.05, 4.69) is 5.32 Å². The molecule has 2 aliphatic heterocycles. The summed E-state index contributed by atoms with van der Waals surface area (Å²) in [5, 5.41) is 3.23. The minimum absolute atomic E-state index is 0.0909. The number of ether oxygens (including phenoxy) is 1. The van der Waals surface area contributed by atoms with E-state index in [4.69, 9.17) is 16.3 Å². The van der Waals surface area contributed by atoms with Gasteiger partial charge in [0.15, 0.2) is 6.23 Å². The summed E-state index contributed by atoms with van der Waals surface area (Å²) in [6.07, 6.45) is 1.87. The zero-order valence-corrected chi connectivity index (χ0v) is 17.8. The summed E-state index contributed by atoms with van der Waals surface area (Å²) in [5.74, 6) is 0.0459. The van der Waals surface area contributed by atoms with Gasteiger partial charge < -0.3 is 14.5 Å². The van der Waals surface area contributed by atoms with Crippen molar-refractivity contribution < 1.29 is 19.1 Å². The molecule has 31 heavy (non-hydrogen) atoms. The molecule has 0 spiro atoms. The Morgan fingerprint density at radius 2 is 1.77 bits per heavy atom. The molecular formula is C23H24ClN3O4. The molecule has 1 N–H and O–H groups in total. The average Bonchev–Trinajstić information content (AvgIpc) is 3.39. The lowest BCUT2D eigenvalue weighted by atomic mass is 10.1. The Hall–Kier alpha value is -3.06. The van der Waals surface area contributed by atoms with Crippen LogP contribution in [0.5, 0.6) is 0 Å². The van der Waals surface area contributed by atoms with Crippen molar-refractivity contribution in [2.45, 2.75) is 38.3 Å². The lowest BCUT2D eigenvalue weighted by molar-refractivity contribution is -0.137. The number of benzene rings is 2. The smallest absolute Gasteiger partial charge is 0.413 e. The summed E-state index contributed by atoms with van der Waals surface area (Å²) in [6, 6.07) is 14.2. The predicted octanol–water partition coefficient (Wildman–Crippen LogP) is 4.21. The van der Waals surface area contributed by atoms with Gasteiger partial charge in [-0.15, -0.1) is 0 Å². The summed E-state index contributed by atoms with van der Waals surface area (Å²) >= 11 is 5.85. The number of amides is 3. The van der Waals surface area contributed by atoms with Gasteiger partial charge in [-0.1, -0.05) is 23.7 Å². The molecule has 2 aromatic rings. The lowest BCUT2D eigenvalue weighted by Crippen LogP contribution is -2.40. The van der Waals surface area contributed by atoms with Crippen molar-refractivity contribution in [3.8, 4) is 0 Å². The van der Waals surface area contributed by atoms with E-state index in [1.807, 2.05) is 24.3 Å². The monoisotopic (exact) mass is 441 g/mol. The van der Waals surface area contributed by atoms with Crippen molar-refractivity contribution >= 4 is 40.9 Å². The van der Waals surface area contributed by atoms with E-state index in [9.17, 15) is 14.4 Å². The van der Waals surface area contributed by atoms with Gasteiger partial charge in [0.05, 0.1) is 6.42 Å². The Bertz CT molecular complexity index is 962. The molecule has 0 radical (unpaired) electrons. The summed E-state index contributed by atoms with van der Waals surface area (Å²) in [5.41, 5.74) is 2.29. The standard InChI is InChI=1S/C23H24ClN3O4/c24-17-7-9-18(10-8-17)25-23(30)31-22-4-2-14-27(22)21(29)15-16-5-11-19(12-6-16)26-13-1-3-20(26)28/h5-12,22H,1-4,13-15H2,(H,25,30)/t22-/m1/s1. The average molecular weight is 442 g/mol. The Balaban J connectivity index is 1.32. The van der Waals surface area contributed by atoms with Crippen LogP contribution in [0.25, 0.3) is 0 Å². The van der Waals surface area contributed by atoms with Gasteiger partial charge in [-0.3, -0.25) is 14.9 Å². The van der Waals surface area contributed by atoms with Gasteiger partial charge >= 0.3 is 6.09 Å². The molecule has 0 aromatic heterocycles. The predicted molar refractivity (Wildman–Crippen MR) is 118 cm³/mol. The number of halogens is 1. The van der Waals surface area contributed by atoms with Crippen molar-refractivity contribution in [1.82, 2.24) is 4.90 Å². The molecule has 2 aliphatic rings. The van der Waals surface area contributed by atoms with Crippen molar-refractivity contribution in [3.63, 3.8) is 0 Å². The molecule has 0 aliphatic carbocycles. The topological polar surface area (TPSA) is 79.0 Å². The zero-order chi connectivity index (χ0) is 21.8. The van der Waals surface area contributed by atoms with Crippen molar-refractivity contribution in [2.24, 2.45) is 0 Å². The first-order valence-corrected chi connectivity index (χ1v) is 10.8. The molecular weight excluding hydrogens is 418 g/mol. The van der Waals surface area contributed by atoms with Gasteiger partial charge in [-0.2, -0.15) is 0 Å². The summed E-state index contributed by atoms with van der Waals surface area (Å²) in [4.78, 5) is 40.3. The van der Waals surface area contributed by atoms with Crippen LogP contribution >= 0.6 is 11.6 Å². The minimum Gasteiger partial charge on any atom is -0.425 e. The highest BCUT2D eigenvalue weighted by Gasteiger charge is 2.31. The first-order chi connectivity index (χ1) is 15.0. The molecule has 0 bridgehead atoms. The molecule has 0 saturated carbocycles. The number of hydrogen-bond acceptors (Lipinski definition) is 4. The highest BCUT2D eigenvalue weighted by molar-refractivity contribution is 6.30. The second-order valence-electron chi connectivity index (χ2n) is 7.71. The number of nitrogens with zero attached hydrogens (tertiary/aromatic N) is 2. The van der Waals surface area contributed by atoms with Crippen molar-refractivity contribution in [3.05, 3.63) is 59.1 Å². The van der Waals surface area contributed by atoms with Crippen LogP contribution in [0.1, 0.15) is 31.2 Å². The van der Waals surface area contributed by atoms with Crippen LogP contribution in [0.3, 0.4) is 0 Å². The third-order valence-electron chi connectivity index (χ3n) is 5.53. The molecule has 4 rings (SSSR count). The van der Waals surface area contributed by atoms with E-state index in [1.54, 1.807) is 34.1 Å². The number of nitrogens with one attached hydrogen (secondary N) is 1. The van der Waals surface area contributed by atoms with E-state index in [-0.39, 0.29) is 18.2 Å². The SMILES string of the molecule is O=C(Nc1ccc(Cl)cc1)O[C@@H]1CCCN1C(=O)Cc1ccc(N2CCCC2=O)cc1. The van der Waals surface area contributed by atoms with Gasteiger partial charge in [0, 0.05) is 42.3 Å². The van der Waals surface area contributed by atoms with Gasteiger partial charge in [0.25, 0.3) is 0 Å². The van der Waals surface area contributed by atoms with Gasteiger partial charge in [-0.05, 0) is 54.8 Å². The highest BCUT2D eigenvalue weighted by Crippen LogP contribution is 2.24. The molecule has 3 amide bonds. The van der Waals surface area contributed by atoms with E-state index in [0.29, 0.717) is 30.1 Å². The largest absolute Gasteiger partial charge is 0.425 e. The number of anilines is 2. The molecule has 2 aromatic carbocycles. The normalized spacial score (nSPS) is 18.4. The fraction of sp³-hybridized carbons (Fsp3) is 0.348. The highest BCUT2D eigenvalue weighted by atomic mass is 35.5. The second kappa shape index (κ2) is 9.39. The van der Waals surface area contributed by atoms with Crippen molar-refractivity contribution in [2.75, 3.05) is 23.3 Å². The van der Waals surface area contributed by atoms with Crippen LogP contribution in [0, 0.1) is 0 Å². The lowest BCUT2D eigenvalue weighted by Gasteiger charge is -2.24. The Morgan fingerprint density at radius 1 is 1.03 bits per heavy atom. The third-order valence-corrected chi connectivity index (χ3v) is 5.78. The fourth-order valence-electron chi connectivity index (χ4n) is 3.94. The van der Waals surface area contributed by atoms with Crippen molar-refractivity contribution in [1.29, 1.82) is 0 Å². The Kier molecular flexibility index (Phi) is 6.42. The first-order valence-electron chi connectivity index (χ1n) is 10.4. The molecule has 162 valence electrons. The summed E-state index contributed by atoms with van der Waals surface area (Å²) in [7, 11) is 0. The zero-order valence-electron chi connectivity index (χ0n) is 17.1. The Morgan fingerprint density at radius 3 is 2.45 bits per heavy atom. The maximum Gasteiger partial charge on any atom is 0.413 e. The first kappa shape index (κ1) is 21.2. The van der Waals surface area contributed by atoms with Gasteiger partial charge in [0.1, 0.15) is 0 Å². The molecule has 0 unspecified atom stereocenters. The molecule has 2 fully saturated rings. The van der Waals surface area contributed by atoms with Crippen LogP contribution in [-0.4, -0.2) is 42.1 Å². The van der Waals surface area contributed by atoms with Crippen LogP contribution in [0.4, 0.5) is 16.2 Å². The van der Waals surface area contributed by atoms with E-state index >= 15 is 0 Å². The maximum absolute atomic E-state index is 12.8. The molecule has 2 saturated heterocycles. The number of carbonyl (C=O) groups is 3. The summed E-state index contributed by atoms with van der Waals surface area (Å²) in [6.45, 7) is 1.29.